The van der Waals surface area contributed by atoms with E-state index in [1.807, 2.05) is 44.2 Å². The number of rotatable bonds is 6. The lowest BCUT2D eigenvalue weighted by Crippen LogP contribution is -2.21. The number of aromatic nitrogens is 1. The normalized spacial score (nSPS) is 10.8. The van der Waals surface area contributed by atoms with Gasteiger partial charge < -0.3 is 10.1 Å². The number of nitrogen functional groups attached to an aromatic ring is 1. The quantitative estimate of drug-likeness (QED) is 0.454. The van der Waals surface area contributed by atoms with Crippen LogP contribution in [0.25, 0.3) is 10.2 Å². The Morgan fingerprint density at radius 2 is 2.00 bits per heavy atom. The minimum atomic E-state index is -0.197. The van der Waals surface area contributed by atoms with Gasteiger partial charge in [0.25, 0.3) is 5.91 Å². The lowest BCUT2D eigenvalue weighted by Gasteiger charge is -2.13. The molecule has 1 amide bonds. The van der Waals surface area contributed by atoms with Gasteiger partial charge in [-0.25, -0.2) is 10.8 Å². The Balaban J connectivity index is 1.72. The first-order chi connectivity index (χ1) is 12.5. The summed E-state index contributed by atoms with van der Waals surface area (Å²) in [7, 11) is 0. The number of nitrogens with two attached hydrogens (primary N) is 1. The summed E-state index contributed by atoms with van der Waals surface area (Å²) in [4.78, 5) is 16.7. The van der Waals surface area contributed by atoms with Crippen LogP contribution in [0.4, 0.5) is 10.8 Å². The Kier molecular flexibility index (Phi) is 5.39. The standard InChI is InChI=1S/C19H22N4O2S/c1-4-13-5-7-14(8-6-13)25-10-16(24)22-17-11(2)9-15-18(12(17)3)26-19(21-15)23-20/h5-9H,4,10,20H2,1-3H3,(H,21,23)(H,22,24). The lowest BCUT2D eigenvalue weighted by molar-refractivity contribution is -0.118. The van der Waals surface area contributed by atoms with Crippen molar-refractivity contribution in [1.29, 1.82) is 0 Å². The van der Waals surface area contributed by atoms with Crippen LogP contribution in [-0.2, 0) is 11.2 Å². The van der Waals surface area contributed by atoms with Crippen molar-refractivity contribution in [3.8, 4) is 5.75 Å². The van der Waals surface area contributed by atoms with E-state index in [0.29, 0.717) is 10.9 Å². The van der Waals surface area contributed by atoms with Gasteiger partial charge in [0.15, 0.2) is 11.7 Å². The number of hydrazine groups is 1. The molecule has 0 saturated carbocycles. The van der Waals surface area contributed by atoms with Crippen LogP contribution < -0.4 is 21.3 Å². The Labute approximate surface area is 156 Å². The van der Waals surface area contributed by atoms with Gasteiger partial charge in [-0.1, -0.05) is 30.4 Å². The molecule has 1 aromatic heterocycles. The van der Waals surface area contributed by atoms with E-state index in [1.54, 1.807) is 0 Å². The second kappa shape index (κ2) is 7.72. The number of carbonyl (C=O) groups is 1. The number of hydrogen-bond acceptors (Lipinski definition) is 6. The fourth-order valence-electron chi connectivity index (χ4n) is 2.78. The minimum absolute atomic E-state index is 0.0410. The molecule has 2 aromatic carbocycles. The summed E-state index contributed by atoms with van der Waals surface area (Å²) in [5, 5.41) is 3.60. The molecule has 3 aromatic rings. The maximum atomic E-state index is 12.3. The number of hydrogen-bond donors (Lipinski definition) is 3. The van der Waals surface area contributed by atoms with E-state index in [1.165, 1.54) is 16.9 Å². The Hall–Kier alpha value is -2.64. The van der Waals surface area contributed by atoms with Gasteiger partial charge in [0.1, 0.15) is 5.75 Å². The fourth-order valence-corrected chi connectivity index (χ4v) is 3.65. The number of fused-ring (bicyclic) bond motifs is 1. The van der Waals surface area contributed by atoms with Crippen molar-refractivity contribution in [2.45, 2.75) is 27.2 Å². The number of nitrogens with zero attached hydrogens (tertiary/aromatic N) is 1. The van der Waals surface area contributed by atoms with Crippen LogP contribution >= 0.6 is 11.3 Å². The van der Waals surface area contributed by atoms with Gasteiger partial charge in [0.05, 0.1) is 10.2 Å². The fraction of sp³-hybridized carbons (Fsp3) is 0.263. The predicted octanol–water partition coefficient (Wildman–Crippen LogP) is 3.78. The van der Waals surface area contributed by atoms with E-state index in [9.17, 15) is 4.79 Å². The summed E-state index contributed by atoms with van der Waals surface area (Å²) in [6.45, 7) is 5.97. The third-order valence-corrected chi connectivity index (χ3v) is 5.33. The van der Waals surface area contributed by atoms with E-state index in [2.05, 4.69) is 22.7 Å². The number of benzene rings is 2. The molecule has 0 fully saturated rings. The molecular formula is C19H22N4O2S. The number of nitrogens with one attached hydrogen (secondary N) is 2. The molecule has 0 bridgehead atoms. The molecule has 0 atom stereocenters. The van der Waals surface area contributed by atoms with Gasteiger partial charge >= 0.3 is 0 Å². The number of aryl methyl sites for hydroxylation is 3. The number of anilines is 2. The molecule has 0 aliphatic carbocycles. The summed E-state index contributed by atoms with van der Waals surface area (Å²) < 4.78 is 6.58. The first-order valence-corrected chi connectivity index (χ1v) is 9.22. The van der Waals surface area contributed by atoms with Gasteiger partial charge in [-0.05, 0) is 55.2 Å². The zero-order valence-corrected chi connectivity index (χ0v) is 15.9. The van der Waals surface area contributed by atoms with Crippen molar-refractivity contribution >= 4 is 38.3 Å². The van der Waals surface area contributed by atoms with Gasteiger partial charge in [-0.2, -0.15) is 0 Å². The summed E-state index contributed by atoms with van der Waals surface area (Å²) in [5.41, 5.74) is 7.38. The third-order valence-electron chi connectivity index (χ3n) is 4.21. The molecule has 3 rings (SSSR count). The minimum Gasteiger partial charge on any atom is -0.484 e. The predicted molar refractivity (Wildman–Crippen MR) is 107 cm³/mol. The lowest BCUT2D eigenvalue weighted by atomic mass is 10.1. The molecule has 6 nitrogen and oxygen atoms in total. The SMILES string of the molecule is CCc1ccc(OCC(=O)Nc2c(C)cc3nc(NN)sc3c2C)cc1. The topological polar surface area (TPSA) is 89.3 Å². The average Bonchev–Trinajstić information content (AvgIpc) is 3.07. The molecule has 136 valence electrons. The molecule has 0 aliphatic rings. The highest BCUT2D eigenvalue weighted by molar-refractivity contribution is 7.22. The molecular weight excluding hydrogens is 348 g/mol. The molecule has 0 saturated heterocycles. The highest BCUT2D eigenvalue weighted by Gasteiger charge is 2.14. The van der Waals surface area contributed by atoms with E-state index in [-0.39, 0.29) is 12.5 Å². The van der Waals surface area contributed by atoms with E-state index < -0.39 is 0 Å². The summed E-state index contributed by atoms with van der Waals surface area (Å²) in [5.74, 6) is 5.93. The largest absolute Gasteiger partial charge is 0.484 e. The number of thiazole rings is 1. The molecule has 0 unspecified atom stereocenters. The summed E-state index contributed by atoms with van der Waals surface area (Å²) >= 11 is 1.46. The number of carbonyl (C=O) groups excluding carboxylic acids is 1. The van der Waals surface area contributed by atoms with Crippen LogP contribution in [0.3, 0.4) is 0 Å². The van der Waals surface area contributed by atoms with Crippen LogP contribution in [0.2, 0.25) is 0 Å². The molecule has 0 aliphatic heterocycles. The van der Waals surface area contributed by atoms with Crippen LogP contribution in [0.15, 0.2) is 30.3 Å². The average molecular weight is 370 g/mol. The molecule has 4 N–H and O–H groups in total. The second-order valence-corrected chi connectivity index (χ2v) is 7.04. The monoisotopic (exact) mass is 370 g/mol. The highest BCUT2D eigenvalue weighted by Crippen LogP contribution is 2.34. The van der Waals surface area contributed by atoms with E-state index in [4.69, 9.17) is 10.6 Å². The number of amides is 1. The smallest absolute Gasteiger partial charge is 0.262 e. The molecule has 0 radical (unpaired) electrons. The zero-order chi connectivity index (χ0) is 18.7. The zero-order valence-electron chi connectivity index (χ0n) is 15.1. The molecule has 7 heteroatoms. The first-order valence-electron chi connectivity index (χ1n) is 8.40. The molecule has 0 spiro atoms. The summed E-state index contributed by atoms with van der Waals surface area (Å²) in [6, 6.07) is 9.71. The van der Waals surface area contributed by atoms with Crippen molar-refractivity contribution in [2.24, 2.45) is 5.84 Å². The second-order valence-electron chi connectivity index (χ2n) is 6.04. The Morgan fingerprint density at radius 3 is 2.65 bits per heavy atom. The first kappa shape index (κ1) is 18.2. The van der Waals surface area contributed by atoms with Crippen LogP contribution in [-0.4, -0.2) is 17.5 Å². The van der Waals surface area contributed by atoms with Gasteiger partial charge in [0, 0.05) is 5.69 Å². The third kappa shape index (κ3) is 3.79. The maximum absolute atomic E-state index is 12.3. The van der Waals surface area contributed by atoms with Crippen LogP contribution in [0.5, 0.6) is 5.75 Å². The van der Waals surface area contributed by atoms with Crippen molar-refractivity contribution in [2.75, 3.05) is 17.3 Å². The van der Waals surface area contributed by atoms with Crippen molar-refractivity contribution in [3.05, 3.63) is 47.0 Å². The Morgan fingerprint density at radius 1 is 1.27 bits per heavy atom. The van der Waals surface area contributed by atoms with Gasteiger partial charge in [-0.15, -0.1) is 0 Å². The van der Waals surface area contributed by atoms with Crippen LogP contribution in [0.1, 0.15) is 23.6 Å². The van der Waals surface area contributed by atoms with E-state index >= 15 is 0 Å². The van der Waals surface area contributed by atoms with Crippen molar-refractivity contribution < 1.29 is 9.53 Å². The Bertz CT molecular complexity index is 935. The van der Waals surface area contributed by atoms with Crippen molar-refractivity contribution in [3.63, 3.8) is 0 Å². The van der Waals surface area contributed by atoms with Crippen LogP contribution in [0, 0.1) is 13.8 Å². The van der Waals surface area contributed by atoms with Gasteiger partial charge in [-0.3, -0.25) is 10.2 Å². The summed E-state index contributed by atoms with van der Waals surface area (Å²) in [6.07, 6.45) is 0.973. The molecule has 26 heavy (non-hydrogen) atoms. The highest BCUT2D eigenvalue weighted by atomic mass is 32.1. The van der Waals surface area contributed by atoms with E-state index in [0.717, 1.165) is 33.5 Å². The molecule has 1 heterocycles. The van der Waals surface area contributed by atoms with Gasteiger partial charge in [0.2, 0.25) is 0 Å². The maximum Gasteiger partial charge on any atom is 0.262 e. The number of ether oxygens (including phenoxy) is 1. The van der Waals surface area contributed by atoms with Crippen molar-refractivity contribution in [1.82, 2.24) is 4.98 Å².